The van der Waals surface area contributed by atoms with Crippen molar-refractivity contribution in [3.05, 3.63) is 104 Å². The van der Waals surface area contributed by atoms with E-state index in [0.29, 0.717) is 28.9 Å². The number of aryl methyl sites for hydroxylation is 1. The summed E-state index contributed by atoms with van der Waals surface area (Å²) in [5.41, 5.74) is 1.95. The van der Waals surface area contributed by atoms with Crippen molar-refractivity contribution in [1.82, 2.24) is 9.66 Å². The van der Waals surface area contributed by atoms with Gasteiger partial charge < -0.3 is 4.74 Å². The molecule has 0 amide bonds. The van der Waals surface area contributed by atoms with Gasteiger partial charge in [0.25, 0.3) is 5.56 Å². The second kappa shape index (κ2) is 9.87. The first kappa shape index (κ1) is 21.9. The maximum Gasteiger partial charge on any atom is 0.282 e. The molecule has 0 saturated carbocycles. The van der Waals surface area contributed by atoms with Gasteiger partial charge in [-0.3, -0.25) is 4.79 Å². The standard InChI is InChI=1S/C25H21BrFN3O2/c1-2-5-24-29-23-11-10-19(26)14-22(23)25(31)30(24)28-15-17-6-4-9-21(13-17)32-16-18-7-3-8-20(27)12-18/h3-4,6-15H,2,5,16H2,1H3. The Morgan fingerprint density at radius 3 is 2.78 bits per heavy atom. The third kappa shape index (κ3) is 5.11. The fourth-order valence-electron chi connectivity index (χ4n) is 3.30. The molecule has 0 aliphatic carbocycles. The zero-order chi connectivity index (χ0) is 22.5. The zero-order valence-corrected chi connectivity index (χ0v) is 19.0. The molecule has 1 aromatic heterocycles. The predicted molar refractivity (Wildman–Crippen MR) is 128 cm³/mol. The Balaban J connectivity index is 1.61. The third-order valence-electron chi connectivity index (χ3n) is 4.82. The minimum absolute atomic E-state index is 0.213. The lowest BCUT2D eigenvalue weighted by Crippen LogP contribution is -2.22. The number of hydrogen-bond donors (Lipinski definition) is 0. The fourth-order valence-corrected chi connectivity index (χ4v) is 3.66. The second-order valence-corrected chi connectivity index (χ2v) is 8.21. The molecule has 7 heteroatoms. The largest absolute Gasteiger partial charge is 0.489 e. The molecule has 0 N–H and O–H groups in total. The number of halogens is 2. The molecule has 3 aromatic carbocycles. The molecule has 162 valence electrons. The van der Waals surface area contributed by atoms with Gasteiger partial charge in [-0.2, -0.15) is 9.78 Å². The van der Waals surface area contributed by atoms with Crippen LogP contribution in [0.3, 0.4) is 0 Å². The van der Waals surface area contributed by atoms with Gasteiger partial charge in [0.05, 0.1) is 17.1 Å². The molecule has 4 aromatic rings. The first-order valence-electron chi connectivity index (χ1n) is 10.3. The van der Waals surface area contributed by atoms with Crippen LogP contribution in [0, 0.1) is 5.82 Å². The molecule has 1 heterocycles. The van der Waals surface area contributed by atoms with Crippen LogP contribution in [0.5, 0.6) is 5.75 Å². The first-order valence-corrected chi connectivity index (χ1v) is 11.1. The normalized spacial score (nSPS) is 11.3. The van der Waals surface area contributed by atoms with Gasteiger partial charge in [-0.1, -0.05) is 47.1 Å². The van der Waals surface area contributed by atoms with E-state index in [9.17, 15) is 9.18 Å². The van der Waals surface area contributed by atoms with E-state index >= 15 is 0 Å². The summed E-state index contributed by atoms with van der Waals surface area (Å²) in [6.45, 7) is 2.29. The quantitative estimate of drug-likeness (QED) is 0.309. The maximum absolute atomic E-state index is 13.3. The molecule has 5 nitrogen and oxygen atoms in total. The van der Waals surface area contributed by atoms with Gasteiger partial charge in [-0.05, 0) is 60.0 Å². The molecule has 0 bridgehead atoms. The molecule has 0 spiro atoms. The van der Waals surface area contributed by atoms with Gasteiger partial charge in [-0.25, -0.2) is 9.37 Å². The summed E-state index contributed by atoms with van der Waals surface area (Å²) in [4.78, 5) is 17.7. The Bertz CT molecular complexity index is 1350. The van der Waals surface area contributed by atoms with E-state index in [1.165, 1.54) is 16.8 Å². The summed E-state index contributed by atoms with van der Waals surface area (Å²) < 4.78 is 21.3. The van der Waals surface area contributed by atoms with Crippen molar-refractivity contribution in [2.75, 3.05) is 0 Å². The van der Waals surface area contributed by atoms with Crippen LogP contribution in [0.2, 0.25) is 0 Å². The van der Waals surface area contributed by atoms with Gasteiger partial charge in [0.15, 0.2) is 0 Å². The number of hydrogen-bond acceptors (Lipinski definition) is 4. The highest BCUT2D eigenvalue weighted by Crippen LogP contribution is 2.17. The average Bonchev–Trinajstić information content (AvgIpc) is 2.79. The van der Waals surface area contributed by atoms with Crippen molar-refractivity contribution in [2.24, 2.45) is 5.10 Å². The smallest absolute Gasteiger partial charge is 0.282 e. The topological polar surface area (TPSA) is 56.5 Å². The first-order chi connectivity index (χ1) is 15.5. The molecule has 0 radical (unpaired) electrons. The van der Waals surface area contributed by atoms with Crippen LogP contribution < -0.4 is 10.3 Å². The predicted octanol–water partition coefficient (Wildman–Crippen LogP) is 5.71. The number of rotatable bonds is 7. The van der Waals surface area contributed by atoms with Crippen LogP contribution in [0.4, 0.5) is 4.39 Å². The second-order valence-electron chi connectivity index (χ2n) is 7.29. The van der Waals surface area contributed by atoms with Crippen LogP contribution in [-0.4, -0.2) is 15.9 Å². The van der Waals surface area contributed by atoms with E-state index in [1.54, 1.807) is 24.4 Å². The summed E-state index contributed by atoms with van der Waals surface area (Å²) >= 11 is 3.41. The van der Waals surface area contributed by atoms with E-state index in [0.717, 1.165) is 22.0 Å². The van der Waals surface area contributed by atoms with Crippen LogP contribution in [-0.2, 0) is 13.0 Å². The molecule has 0 saturated heterocycles. The van der Waals surface area contributed by atoms with Crippen molar-refractivity contribution in [1.29, 1.82) is 0 Å². The number of ether oxygens (including phenoxy) is 1. The Morgan fingerprint density at radius 2 is 1.97 bits per heavy atom. The fraction of sp³-hybridized carbons (Fsp3) is 0.160. The number of nitrogens with zero attached hydrogens (tertiary/aromatic N) is 3. The third-order valence-corrected chi connectivity index (χ3v) is 5.32. The summed E-state index contributed by atoms with van der Waals surface area (Å²) in [5, 5.41) is 4.94. The van der Waals surface area contributed by atoms with Crippen molar-refractivity contribution in [3.8, 4) is 5.75 Å². The molecule has 0 unspecified atom stereocenters. The Morgan fingerprint density at radius 1 is 1.12 bits per heavy atom. The lowest BCUT2D eigenvalue weighted by molar-refractivity contribution is 0.305. The molecule has 32 heavy (non-hydrogen) atoms. The number of fused-ring (bicyclic) bond motifs is 1. The highest BCUT2D eigenvalue weighted by molar-refractivity contribution is 9.10. The van der Waals surface area contributed by atoms with Gasteiger partial charge in [0, 0.05) is 10.9 Å². The number of aromatic nitrogens is 2. The maximum atomic E-state index is 13.3. The molecular formula is C25H21BrFN3O2. The zero-order valence-electron chi connectivity index (χ0n) is 17.5. The Hall–Kier alpha value is -3.32. The SMILES string of the molecule is CCCc1nc2ccc(Br)cc2c(=O)n1N=Cc1cccc(OCc2cccc(F)c2)c1. The summed E-state index contributed by atoms with van der Waals surface area (Å²) in [6.07, 6.45) is 3.09. The van der Waals surface area contributed by atoms with Crippen LogP contribution in [0.1, 0.15) is 30.3 Å². The summed E-state index contributed by atoms with van der Waals surface area (Å²) in [6, 6.07) is 19.1. The lowest BCUT2D eigenvalue weighted by Gasteiger charge is -2.09. The molecule has 0 atom stereocenters. The molecule has 0 aliphatic heterocycles. The van der Waals surface area contributed by atoms with Crippen LogP contribution >= 0.6 is 15.9 Å². The van der Waals surface area contributed by atoms with Crippen molar-refractivity contribution in [2.45, 2.75) is 26.4 Å². The van der Waals surface area contributed by atoms with Gasteiger partial charge in [-0.15, -0.1) is 0 Å². The molecule has 4 rings (SSSR count). The van der Waals surface area contributed by atoms with Gasteiger partial charge in [0.2, 0.25) is 0 Å². The van der Waals surface area contributed by atoms with E-state index in [4.69, 9.17) is 4.74 Å². The molecule has 0 aliphatic rings. The van der Waals surface area contributed by atoms with E-state index in [1.807, 2.05) is 43.3 Å². The Kier molecular flexibility index (Phi) is 6.75. The van der Waals surface area contributed by atoms with E-state index < -0.39 is 0 Å². The van der Waals surface area contributed by atoms with Gasteiger partial charge in [0.1, 0.15) is 24.0 Å². The minimum Gasteiger partial charge on any atom is -0.489 e. The van der Waals surface area contributed by atoms with E-state index in [2.05, 4.69) is 26.0 Å². The van der Waals surface area contributed by atoms with Crippen molar-refractivity contribution in [3.63, 3.8) is 0 Å². The summed E-state index contributed by atoms with van der Waals surface area (Å²) in [7, 11) is 0. The van der Waals surface area contributed by atoms with Crippen molar-refractivity contribution < 1.29 is 9.13 Å². The summed E-state index contributed by atoms with van der Waals surface area (Å²) in [5.74, 6) is 0.943. The van der Waals surface area contributed by atoms with Crippen LogP contribution in [0.15, 0.2) is 81.1 Å². The van der Waals surface area contributed by atoms with Crippen LogP contribution in [0.25, 0.3) is 10.9 Å². The minimum atomic E-state index is -0.295. The lowest BCUT2D eigenvalue weighted by atomic mass is 10.2. The van der Waals surface area contributed by atoms with E-state index in [-0.39, 0.29) is 18.0 Å². The number of benzene rings is 3. The Labute approximate surface area is 193 Å². The molecular weight excluding hydrogens is 473 g/mol. The van der Waals surface area contributed by atoms with Gasteiger partial charge >= 0.3 is 0 Å². The van der Waals surface area contributed by atoms with Crippen molar-refractivity contribution >= 4 is 33.0 Å². The monoisotopic (exact) mass is 493 g/mol. The highest BCUT2D eigenvalue weighted by Gasteiger charge is 2.10. The highest BCUT2D eigenvalue weighted by atomic mass is 79.9. The molecule has 0 fully saturated rings. The average molecular weight is 494 g/mol.